The van der Waals surface area contributed by atoms with E-state index in [1.807, 2.05) is 0 Å². The Bertz CT molecular complexity index is 1140. The van der Waals surface area contributed by atoms with E-state index >= 15 is 0 Å². The lowest BCUT2D eigenvalue weighted by Crippen LogP contribution is -2.20. The van der Waals surface area contributed by atoms with Gasteiger partial charge in [-0.05, 0) is 6.07 Å². The minimum Gasteiger partial charge on any atom is -0.507 e. The maximum absolute atomic E-state index is 13.5. The van der Waals surface area contributed by atoms with Crippen molar-refractivity contribution in [1.29, 1.82) is 0 Å². The summed E-state index contributed by atoms with van der Waals surface area (Å²) >= 11 is -0.435. The molecule has 0 aliphatic carbocycles. The number of hydrogen-bond donors (Lipinski definition) is 1. The molecule has 0 aliphatic heterocycles. The second kappa shape index (κ2) is 6.31. The molecule has 0 saturated carbocycles. The van der Waals surface area contributed by atoms with Crippen molar-refractivity contribution in [2.75, 3.05) is 0 Å². The molecule has 3 rings (SSSR count). The van der Waals surface area contributed by atoms with E-state index in [-0.39, 0.29) is 0 Å². The number of thiophene rings is 1. The van der Waals surface area contributed by atoms with Crippen LogP contribution in [0.15, 0.2) is 18.2 Å². The molecule has 0 atom stereocenters. The molecule has 2 aromatic carbocycles. The van der Waals surface area contributed by atoms with Crippen LogP contribution in [0, 0.1) is 0 Å². The van der Waals surface area contributed by atoms with E-state index in [0.717, 1.165) is 0 Å². The Morgan fingerprint density at radius 3 is 1.53 bits per heavy atom. The van der Waals surface area contributed by atoms with Gasteiger partial charge in [0.05, 0.1) is 15.8 Å². The first-order chi connectivity index (χ1) is 13.4. The van der Waals surface area contributed by atoms with Crippen molar-refractivity contribution in [2.45, 2.75) is 24.7 Å². The van der Waals surface area contributed by atoms with E-state index in [1.54, 1.807) is 0 Å². The van der Waals surface area contributed by atoms with Crippen molar-refractivity contribution < 1.29 is 57.8 Å². The fraction of sp³-hybridized carbons (Fsp3) is 0.250. The average molecular weight is 472 g/mol. The molecule has 1 N–H and O–H groups in total. The zero-order valence-electron chi connectivity index (χ0n) is 13.6. The van der Waals surface area contributed by atoms with Gasteiger partial charge in [-0.1, -0.05) is 12.1 Å². The van der Waals surface area contributed by atoms with E-state index < -0.39 is 84.2 Å². The summed E-state index contributed by atoms with van der Waals surface area (Å²) in [5, 5.41) is 6.78. The van der Waals surface area contributed by atoms with E-state index in [0.29, 0.717) is 18.2 Å². The lowest BCUT2D eigenvalue weighted by atomic mass is 9.94. The third-order valence-electron chi connectivity index (χ3n) is 4.07. The Hall–Kier alpha value is -2.38. The SMILES string of the molecule is Oc1c(C(F)(F)F)c(C(F)(F)F)c2c(sc3c(C(F)(F)F)cccc32)c1C(F)(F)F. The number of halogens is 12. The zero-order chi connectivity index (χ0) is 23.0. The van der Waals surface area contributed by atoms with Crippen LogP contribution < -0.4 is 0 Å². The Morgan fingerprint density at radius 1 is 0.600 bits per heavy atom. The predicted octanol–water partition coefficient (Wildman–Crippen LogP) is 7.84. The largest absolute Gasteiger partial charge is 0.507 e. The van der Waals surface area contributed by atoms with Crippen LogP contribution in [0.5, 0.6) is 5.75 Å². The monoisotopic (exact) mass is 472 g/mol. The van der Waals surface area contributed by atoms with E-state index in [4.69, 9.17) is 0 Å². The van der Waals surface area contributed by atoms with Gasteiger partial charge in [0, 0.05) is 15.5 Å². The molecule has 3 aromatic rings. The van der Waals surface area contributed by atoms with Gasteiger partial charge in [0.1, 0.15) is 16.9 Å². The summed E-state index contributed by atoms with van der Waals surface area (Å²) in [6, 6.07) is 1.48. The van der Waals surface area contributed by atoms with Crippen LogP contribution >= 0.6 is 11.3 Å². The standard InChI is InChI=1S/C16H4F12OS/c17-13(18,19)5-3-1-2-4-6-7(14(20,21)22)8(15(23,24)25)10(29)9(16(26,27)28)12(6)30-11(4)5/h1-3,29H. The van der Waals surface area contributed by atoms with Crippen LogP contribution in [-0.2, 0) is 24.7 Å². The molecule has 0 aliphatic rings. The third-order valence-corrected chi connectivity index (χ3v) is 5.33. The molecule has 1 nitrogen and oxygen atoms in total. The van der Waals surface area contributed by atoms with Crippen LogP contribution in [0.4, 0.5) is 52.7 Å². The molecular weight excluding hydrogens is 468 g/mol. The number of benzene rings is 2. The van der Waals surface area contributed by atoms with Gasteiger partial charge in [-0.25, -0.2) is 0 Å². The number of phenols is 1. The molecule has 1 aromatic heterocycles. The van der Waals surface area contributed by atoms with Crippen molar-refractivity contribution in [1.82, 2.24) is 0 Å². The van der Waals surface area contributed by atoms with E-state index in [2.05, 4.69) is 0 Å². The fourth-order valence-electron chi connectivity index (χ4n) is 3.07. The van der Waals surface area contributed by atoms with Gasteiger partial charge in [-0.3, -0.25) is 0 Å². The summed E-state index contributed by atoms with van der Waals surface area (Å²) < 4.78 is 158. The van der Waals surface area contributed by atoms with Crippen LogP contribution in [0.25, 0.3) is 20.2 Å². The van der Waals surface area contributed by atoms with Gasteiger partial charge in [-0.2, -0.15) is 52.7 Å². The maximum atomic E-state index is 13.5. The van der Waals surface area contributed by atoms with Crippen molar-refractivity contribution >= 4 is 31.5 Å². The predicted molar refractivity (Wildman–Crippen MR) is 81.0 cm³/mol. The summed E-state index contributed by atoms with van der Waals surface area (Å²) in [6.07, 6.45) is -23.1. The average Bonchev–Trinajstić information content (AvgIpc) is 2.86. The zero-order valence-corrected chi connectivity index (χ0v) is 14.4. The normalized spacial score (nSPS) is 14.1. The molecule has 14 heteroatoms. The van der Waals surface area contributed by atoms with Crippen molar-refractivity contribution in [3.63, 3.8) is 0 Å². The molecule has 0 amide bonds. The minimum atomic E-state index is -6.10. The van der Waals surface area contributed by atoms with Crippen molar-refractivity contribution in [3.05, 3.63) is 40.5 Å². The first-order valence-corrected chi connectivity index (χ1v) is 8.21. The summed E-state index contributed by atoms with van der Waals surface area (Å²) in [6.45, 7) is 0. The summed E-state index contributed by atoms with van der Waals surface area (Å²) in [5.74, 6) is -2.75. The van der Waals surface area contributed by atoms with Gasteiger partial charge >= 0.3 is 24.7 Å². The highest BCUT2D eigenvalue weighted by Crippen LogP contribution is 2.57. The minimum absolute atomic E-state index is 0.364. The second-order valence-corrected chi connectivity index (χ2v) is 6.97. The van der Waals surface area contributed by atoms with Crippen molar-refractivity contribution in [3.8, 4) is 5.75 Å². The number of phenolic OH excluding ortho intramolecular Hbond substituents is 1. The molecule has 0 fully saturated rings. The Morgan fingerprint density at radius 2 is 1.10 bits per heavy atom. The third kappa shape index (κ3) is 3.40. The number of rotatable bonds is 0. The van der Waals surface area contributed by atoms with Crippen molar-refractivity contribution in [2.24, 2.45) is 0 Å². The van der Waals surface area contributed by atoms with Crippen LogP contribution in [0.1, 0.15) is 22.3 Å². The first kappa shape index (κ1) is 22.3. The van der Waals surface area contributed by atoms with Gasteiger partial charge in [0.2, 0.25) is 0 Å². The molecule has 164 valence electrons. The fourth-order valence-corrected chi connectivity index (χ4v) is 4.47. The second-order valence-electron chi connectivity index (χ2n) is 5.95. The lowest BCUT2D eigenvalue weighted by molar-refractivity contribution is -0.163. The van der Waals surface area contributed by atoms with Gasteiger partial charge in [0.25, 0.3) is 0 Å². The molecule has 0 saturated heterocycles. The highest BCUT2D eigenvalue weighted by molar-refractivity contribution is 7.26. The highest BCUT2D eigenvalue weighted by Gasteiger charge is 2.52. The number of aromatic hydroxyl groups is 1. The molecular formula is C16H4F12OS. The van der Waals surface area contributed by atoms with E-state index in [9.17, 15) is 57.8 Å². The quantitative estimate of drug-likeness (QED) is 0.331. The van der Waals surface area contributed by atoms with Gasteiger partial charge in [0.15, 0.2) is 0 Å². The van der Waals surface area contributed by atoms with E-state index in [1.165, 1.54) is 0 Å². The number of alkyl halides is 12. The summed E-state index contributed by atoms with van der Waals surface area (Å²) in [4.78, 5) is 0. The highest BCUT2D eigenvalue weighted by atomic mass is 32.1. The molecule has 1 heterocycles. The maximum Gasteiger partial charge on any atom is 0.421 e. The van der Waals surface area contributed by atoms with Gasteiger partial charge in [-0.15, -0.1) is 11.3 Å². The molecule has 0 unspecified atom stereocenters. The lowest BCUT2D eigenvalue weighted by Gasteiger charge is -2.21. The van der Waals surface area contributed by atoms with Crippen LogP contribution in [0.2, 0.25) is 0 Å². The summed E-state index contributed by atoms with van der Waals surface area (Å²) in [5.41, 5.74) is -9.84. The smallest absolute Gasteiger partial charge is 0.421 e. The molecule has 0 bridgehead atoms. The Balaban J connectivity index is 2.77. The van der Waals surface area contributed by atoms with Crippen LogP contribution in [-0.4, -0.2) is 5.11 Å². The first-order valence-electron chi connectivity index (χ1n) is 7.39. The number of fused-ring (bicyclic) bond motifs is 3. The Kier molecular flexibility index (Phi) is 4.69. The molecule has 30 heavy (non-hydrogen) atoms. The van der Waals surface area contributed by atoms with Gasteiger partial charge < -0.3 is 5.11 Å². The topological polar surface area (TPSA) is 20.2 Å². The summed E-state index contributed by atoms with van der Waals surface area (Å²) in [7, 11) is 0. The molecule has 0 radical (unpaired) electrons. The van der Waals surface area contributed by atoms with Crippen LogP contribution in [0.3, 0.4) is 0 Å². The molecule has 0 spiro atoms. The Labute approximate surface area is 161 Å². The number of hydrogen-bond acceptors (Lipinski definition) is 2.